The molecule has 0 saturated heterocycles. The van der Waals surface area contributed by atoms with E-state index in [1.807, 2.05) is 26.0 Å². The van der Waals surface area contributed by atoms with Gasteiger partial charge in [0.15, 0.2) is 5.60 Å². The number of aromatic nitrogens is 1. The topological polar surface area (TPSA) is 59.4 Å². The Labute approximate surface area is 192 Å². The lowest BCUT2D eigenvalue weighted by Crippen LogP contribution is -2.37. The number of thioether (sulfide) groups is 1. The minimum absolute atomic E-state index is 0.469. The molecular weight excluding hydrogens is 459 g/mol. The Hall–Kier alpha value is -2.52. The van der Waals surface area contributed by atoms with E-state index in [2.05, 4.69) is 4.98 Å². The lowest BCUT2D eigenvalue weighted by molar-refractivity contribution is -0.152. The molecule has 1 N–H and O–H groups in total. The summed E-state index contributed by atoms with van der Waals surface area (Å²) in [4.78, 5) is 17.8. The van der Waals surface area contributed by atoms with Gasteiger partial charge in [0.25, 0.3) is 0 Å². The number of carboxylic acid groups (broad SMARTS) is 1. The highest BCUT2D eigenvalue weighted by atomic mass is 32.2. The highest BCUT2D eigenvalue weighted by molar-refractivity contribution is 7.98. The maximum Gasteiger partial charge on any atom is 0.416 e. The maximum atomic E-state index is 12.8. The monoisotopic (exact) mass is 481 g/mol. The van der Waals surface area contributed by atoms with Gasteiger partial charge in [-0.3, -0.25) is 0 Å². The SMILES string of the molecule is Cc1ccc(OC(C)(C)C(=O)O)cc1SCc1sc(-c2ccc(C(F)(F)F)cc2)nc1C. The van der Waals surface area contributed by atoms with Gasteiger partial charge in [-0.05, 0) is 57.5 Å². The van der Waals surface area contributed by atoms with Crippen LogP contribution in [0.15, 0.2) is 47.4 Å². The van der Waals surface area contributed by atoms with Crippen LogP contribution in [-0.2, 0) is 16.7 Å². The molecule has 1 aromatic heterocycles. The molecule has 3 aromatic rings. The second kappa shape index (κ2) is 9.15. The number of thiazole rings is 1. The van der Waals surface area contributed by atoms with Crippen molar-refractivity contribution in [3.05, 3.63) is 64.2 Å². The van der Waals surface area contributed by atoms with Crippen LogP contribution in [0.25, 0.3) is 10.6 Å². The molecule has 0 unspecified atom stereocenters. The molecule has 0 saturated carbocycles. The molecule has 0 aliphatic rings. The number of rotatable bonds is 7. The van der Waals surface area contributed by atoms with E-state index in [0.717, 1.165) is 33.2 Å². The molecule has 9 heteroatoms. The zero-order valence-electron chi connectivity index (χ0n) is 17.9. The summed E-state index contributed by atoms with van der Waals surface area (Å²) in [7, 11) is 0. The highest BCUT2D eigenvalue weighted by Gasteiger charge is 2.30. The number of carbonyl (C=O) groups is 1. The second-order valence-electron chi connectivity index (χ2n) is 7.74. The molecule has 0 amide bonds. The fourth-order valence-corrected chi connectivity index (χ4v) is 5.03. The number of hydrogen-bond acceptors (Lipinski definition) is 5. The van der Waals surface area contributed by atoms with E-state index in [-0.39, 0.29) is 0 Å². The third kappa shape index (κ3) is 5.63. The van der Waals surface area contributed by atoms with E-state index < -0.39 is 23.3 Å². The molecule has 4 nitrogen and oxygen atoms in total. The Bertz CT molecular complexity index is 1120. The van der Waals surface area contributed by atoms with Gasteiger partial charge in [-0.15, -0.1) is 23.1 Å². The molecule has 0 fully saturated rings. The van der Waals surface area contributed by atoms with E-state index in [1.165, 1.54) is 37.3 Å². The number of halogens is 3. The van der Waals surface area contributed by atoms with E-state index in [1.54, 1.807) is 17.8 Å². The van der Waals surface area contributed by atoms with Crippen molar-refractivity contribution in [1.29, 1.82) is 0 Å². The number of aliphatic carboxylic acids is 1. The van der Waals surface area contributed by atoms with Crippen molar-refractivity contribution in [2.75, 3.05) is 0 Å². The van der Waals surface area contributed by atoms with Crippen LogP contribution in [0.3, 0.4) is 0 Å². The van der Waals surface area contributed by atoms with E-state index in [0.29, 0.717) is 22.1 Å². The van der Waals surface area contributed by atoms with Crippen LogP contribution in [0.5, 0.6) is 5.75 Å². The van der Waals surface area contributed by atoms with Crippen LogP contribution in [-0.4, -0.2) is 21.7 Å². The number of aryl methyl sites for hydroxylation is 2. The Morgan fingerprint density at radius 3 is 2.38 bits per heavy atom. The predicted molar refractivity (Wildman–Crippen MR) is 120 cm³/mol. The highest BCUT2D eigenvalue weighted by Crippen LogP contribution is 2.36. The van der Waals surface area contributed by atoms with Crippen LogP contribution in [0.1, 0.15) is 35.5 Å². The van der Waals surface area contributed by atoms with Crippen LogP contribution < -0.4 is 4.74 Å². The molecule has 1 heterocycles. The van der Waals surface area contributed by atoms with Crippen molar-refractivity contribution in [1.82, 2.24) is 4.98 Å². The van der Waals surface area contributed by atoms with Gasteiger partial charge in [0.05, 0.1) is 11.3 Å². The first-order chi connectivity index (χ1) is 14.9. The predicted octanol–water partition coefficient (Wildman–Crippen LogP) is 6.98. The van der Waals surface area contributed by atoms with Gasteiger partial charge in [-0.2, -0.15) is 13.2 Å². The molecule has 170 valence electrons. The molecule has 0 atom stereocenters. The smallest absolute Gasteiger partial charge is 0.416 e. The normalized spacial score (nSPS) is 12.1. The quantitative estimate of drug-likeness (QED) is 0.369. The summed E-state index contributed by atoms with van der Waals surface area (Å²) in [6.07, 6.45) is -4.37. The Morgan fingerprint density at radius 2 is 1.78 bits per heavy atom. The number of ether oxygens (including phenoxy) is 1. The van der Waals surface area contributed by atoms with Crippen molar-refractivity contribution in [2.45, 2.75) is 50.1 Å². The third-order valence-electron chi connectivity index (χ3n) is 4.76. The summed E-state index contributed by atoms with van der Waals surface area (Å²) >= 11 is 3.02. The summed E-state index contributed by atoms with van der Waals surface area (Å²) in [5.41, 5.74) is 0.469. The van der Waals surface area contributed by atoms with Gasteiger partial charge in [0.1, 0.15) is 10.8 Å². The van der Waals surface area contributed by atoms with Crippen molar-refractivity contribution < 1.29 is 27.8 Å². The molecule has 32 heavy (non-hydrogen) atoms. The fraction of sp³-hybridized carbons (Fsp3) is 0.304. The fourth-order valence-electron chi connectivity index (χ4n) is 2.77. The summed E-state index contributed by atoms with van der Waals surface area (Å²) in [5.74, 6) is 0.0387. The average Bonchev–Trinajstić information content (AvgIpc) is 3.08. The van der Waals surface area contributed by atoms with Crippen molar-refractivity contribution in [2.24, 2.45) is 0 Å². The summed E-state index contributed by atoms with van der Waals surface area (Å²) in [6.45, 7) is 6.82. The molecule has 0 aliphatic heterocycles. The van der Waals surface area contributed by atoms with Crippen LogP contribution in [0, 0.1) is 13.8 Å². The number of hydrogen-bond donors (Lipinski definition) is 1. The van der Waals surface area contributed by atoms with Gasteiger partial charge in [0, 0.05) is 21.1 Å². The van der Waals surface area contributed by atoms with E-state index in [9.17, 15) is 23.1 Å². The number of carboxylic acids is 1. The molecule has 0 radical (unpaired) electrons. The zero-order valence-corrected chi connectivity index (χ0v) is 19.5. The number of nitrogens with zero attached hydrogens (tertiary/aromatic N) is 1. The van der Waals surface area contributed by atoms with Crippen molar-refractivity contribution in [3.8, 4) is 16.3 Å². The van der Waals surface area contributed by atoms with Gasteiger partial charge in [-0.25, -0.2) is 9.78 Å². The Kier molecular flexibility index (Phi) is 6.90. The number of alkyl halides is 3. The second-order valence-corrected chi connectivity index (χ2v) is 9.84. The Morgan fingerprint density at radius 1 is 1.12 bits per heavy atom. The minimum atomic E-state index is -4.37. The molecule has 3 rings (SSSR count). The molecular formula is C23H22F3NO3S2. The van der Waals surface area contributed by atoms with Crippen molar-refractivity contribution in [3.63, 3.8) is 0 Å². The first-order valence-corrected chi connectivity index (χ1v) is 11.5. The Balaban J connectivity index is 1.75. The van der Waals surface area contributed by atoms with Gasteiger partial charge < -0.3 is 9.84 Å². The van der Waals surface area contributed by atoms with E-state index in [4.69, 9.17) is 4.74 Å². The summed E-state index contributed by atoms with van der Waals surface area (Å²) < 4.78 is 44.0. The van der Waals surface area contributed by atoms with Gasteiger partial charge in [0.2, 0.25) is 0 Å². The van der Waals surface area contributed by atoms with Gasteiger partial charge in [-0.1, -0.05) is 18.2 Å². The van der Waals surface area contributed by atoms with Crippen LogP contribution in [0.2, 0.25) is 0 Å². The average molecular weight is 482 g/mol. The molecule has 2 aromatic carbocycles. The summed E-state index contributed by atoms with van der Waals surface area (Å²) in [6, 6.07) is 10.4. The zero-order chi connectivity index (χ0) is 23.7. The third-order valence-corrected chi connectivity index (χ3v) is 7.33. The van der Waals surface area contributed by atoms with Crippen LogP contribution in [0.4, 0.5) is 13.2 Å². The summed E-state index contributed by atoms with van der Waals surface area (Å²) in [5, 5.41) is 9.94. The maximum absolute atomic E-state index is 12.8. The standard InChI is InChI=1S/C23H22F3NO3S2/c1-13-5-10-17(30-22(3,4)21(28)29)11-18(13)31-12-19-14(2)27-20(32-19)15-6-8-16(9-7-15)23(24,25)26/h5-11H,12H2,1-4H3,(H,28,29). The number of benzene rings is 2. The molecule has 0 bridgehead atoms. The lowest BCUT2D eigenvalue weighted by atomic mass is 10.1. The molecule has 0 aliphatic carbocycles. The largest absolute Gasteiger partial charge is 0.478 e. The van der Waals surface area contributed by atoms with Gasteiger partial charge >= 0.3 is 12.1 Å². The molecule has 0 spiro atoms. The van der Waals surface area contributed by atoms with E-state index >= 15 is 0 Å². The first-order valence-electron chi connectivity index (χ1n) is 9.66. The van der Waals surface area contributed by atoms with Crippen LogP contribution >= 0.6 is 23.1 Å². The van der Waals surface area contributed by atoms with Crippen molar-refractivity contribution >= 4 is 29.1 Å². The lowest BCUT2D eigenvalue weighted by Gasteiger charge is -2.22. The minimum Gasteiger partial charge on any atom is -0.478 e. The first kappa shape index (κ1) is 24.1.